The molecule has 0 amide bonds. The van der Waals surface area contributed by atoms with E-state index in [0.717, 1.165) is 0 Å². The predicted octanol–water partition coefficient (Wildman–Crippen LogP) is 2.07. The van der Waals surface area contributed by atoms with Gasteiger partial charge in [-0.2, -0.15) is 4.31 Å². The molecule has 0 saturated carbocycles. The zero-order chi connectivity index (χ0) is 26.9. The van der Waals surface area contributed by atoms with Gasteiger partial charge in [-0.1, -0.05) is 13.3 Å². The van der Waals surface area contributed by atoms with Crippen molar-refractivity contribution in [2.45, 2.75) is 38.5 Å². The van der Waals surface area contributed by atoms with Gasteiger partial charge in [0.2, 0.25) is 10.0 Å². The highest BCUT2D eigenvalue weighted by atomic mass is 32.2. The topological polar surface area (TPSA) is 126 Å². The fraction of sp³-hybridized carbons (Fsp3) is 0.480. The Balaban J connectivity index is 1.92. The Morgan fingerprint density at radius 3 is 2.49 bits per heavy atom. The van der Waals surface area contributed by atoms with E-state index in [4.69, 9.17) is 9.47 Å². The number of likely N-dealkylation sites (N-methyl/N-ethyl adjacent to an activating group) is 1. The first-order chi connectivity index (χ1) is 17.6. The zero-order valence-electron chi connectivity index (χ0n) is 21.8. The van der Waals surface area contributed by atoms with E-state index in [9.17, 15) is 18.0 Å². The lowest BCUT2D eigenvalue weighted by molar-refractivity contribution is 0.0598. The monoisotopic (exact) mass is 531 g/mol. The molecule has 1 aliphatic rings. The van der Waals surface area contributed by atoms with Crippen LogP contribution < -0.4 is 10.3 Å². The zero-order valence-corrected chi connectivity index (χ0v) is 22.6. The molecule has 3 aromatic rings. The van der Waals surface area contributed by atoms with Gasteiger partial charge in [-0.25, -0.2) is 17.7 Å². The number of nitrogens with zero attached hydrogens (tertiary/aromatic N) is 4. The number of carbonyl (C=O) groups is 1. The third-order valence-electron chi connectivity index (χ3n) is 6.62. The second-order valence-corrected chi connectivity index (χ2v) is 11.0. The maximum Gasteiger partial charge on any atom is 0.340 e. The number of fused-ring (bicyclic) bond motifs is 1. The number of carbonyl (C=O) groups excluding carboxylic acids is 1. The number of hydrogen-bond donors (Lipinski definition) is 1. The number of nitrogens with one attached hydrogen (secondary N) is 1. The number of methoxy groups -OCH3 is 1. The van der Waals surface area contributed by atoms with Crippen LogP contribution in [0.25, 0.3) is 16.9 Å². The highest BCUT2D eigenvalue weighted by Gasteiger charge is 2.29. The summed E-state index contributed by atoms with van der Waals surface area (Å²) < 4.78 is 40.6. The Morgan fingerprint density at radius 2 is 1.86 bits per heavy atom. The van der Waals surface area contributed by atoms with Crippen molar-refractivity contribution in [3.63, 3.8) is 0 Å². The van der Waals surface area contributed by atoms with Crippen molar-refractivity contribution in [2.24, 2.45) is 0 Å². The van der Waals surface area contributed by atoms with Gasteiger partial charge >= 0.3 is 5.97 Å². The Morgan fingerprint density at radius 1 is 1.16 bits per heavy atom. The Kier molecular flexibility index (Phi) is 7.72. The summed E-state index contributed by atoms with van der Waals surface area (Å²) in [7, 11) is -0.519. The molecular weight excluding hydrogens is 498 g/mol. The van der Waals surface area contributed by atoms with Gasteiger partial charge in [0.15, 0.2) is 5.82 Å². The standard InChI is InChI=1S/C25H33N5O6S/c1-6-8-19-21(25(32)35-5)16(3)22-24(31)26-23(27-30(19)22)18-15-17(9-10-20(18)36-7-2)37(33,34)29-13-11-28(4)12-14-29/h9-10,15H,6-8,11-14H2,1-5H3,(H,26,27,31). The molecule has 12 heteroatoms. The van der Waals surface area contributed by atoms with Crippen LogP contribution >= 0.6 is 0 Å². The van der Waals surface area contributed by atoms with Crippen molar-refractivity contribution < 1.29 is 22.7 Å². The van der Waals surface area contributed by atoms with Crippen molar-refractivity contribution in [2.75, 3.05) is 46.9 Å². The van der Waals surface area contributed by atoms with E-state index in [2.05, 4.69) is 15.0 Å². The van der Waals surface area contributed by atoms with Crippen LogP contribution in [0.3, 0.4) is 0 Å². The molecule has 4 rings (SSSR count). The van der Waals surface area contributed by atoms with Crippen molar-refractivity contribution in [3.8, 4) is 17.1 Å². The molecule has 0 unspecified atom stereocenters. The highest BCUT2D eigenvalue weighted by Crippen LogP contribution is 2.32. The molecule has 11 nitrogen and oxygen atoms in total. The van der Waals surface area contributed by atoms with Crippen LogP contribution in [0.2, 0.25) is 0 Å². The van der Waals surface area contributed by atoms with Crippen LogP contribution in [0.4, 0.5) is 0 Å². The summed E-state index contributed by atoms with van der Waals surface area (Å²) in [6, 6.07) is 4.58. The summed E-state index contributed by atoms with van der Waals surface area (Å²) in [5.74, 6) is -0.0146. The number of esters is 1. The third kappa shape index (κ3) is 4.88. The number of rotatable bonds is 8. The largest absolute Gasteiger partial charge is 0.493 e. The molecule has 1 aromatic carbocycles. The highest BCUT2D eigenvalue weighted by molar-refractivity contribution is 7.89. The molecule has 37 heavy (non-hydrogen) atoms. The number of aromatic amines is 1. The quantitative estimate of drug-likeness (QED) is 0.438. The summed E-state index contributed by atoms with van der Waals surface area (Å²) in [5, 5.41) is 4.67. The summed E-state index contributed by atoms with van der Waals surface area (Å²) in [6.45, 7) is 7.86. The average molecular weight is 532 g/mol. The molecule has 2 aromatic heterocycles. The first-order valence-corrected chi connectivity index (χ1v) is 13.8. The summed E-state index contributed by atoms with van der Waals surface area (Å²) in [4.78, 5) is 30.8. The third-order valence-corrected chi connectivity index (χ3v) is 8.51. The van der Waals surface area contributed by atoms with Crippen LogP contribution in [0.15, 0.2) is 27.9 Å². The van der Waals surface area contributed by atoms with E-state index in [-0.39, 0.29) is 16.2 Å². The van der Waals surface area contributed by atoms with Crippen molar-refractivity contribution in [1.82, 2.24) is 23.8 Å². The second kappa shape index (κ2) is 10.6. The minimum atomic E-state index is -3.77. The van der Waals surface area contributed by atoms with Crippen LogP contribution in [-0.2, 0) is 21.2 Å². The molecule has 1 saturated heterocycles. The Bertz CT molecular complexity index is 1490. The Labute approximate surface area is 216 Å². The minimum Gasteiger partial charge on any atom is -0.493 e. The smallest absolute Gasteiger partial charge is 0.340 e. The first kappa shape index (κ1) is 26.8. The number of H-pyrrole nitrogens is 1. The fourth-order valence-corrected chi connectivity index (χ4v) is 6.13. The number of ether oxygens (including phenoxy) is 2. The summed E-state index contributed by atoms with van der Waals surface area (Å²) >= 11 is 0. The lowest BCUT2D eigenvalue weighted by Gasteiger charge is -2.31. The van der Waals surface area contributed by atoms with E-state index in [1.165, 1.54) is 28.1 Å². The van der Waals surface area contributed by atoms with E-state index >= 15 is 0 Å². The van der Waals surface area contributed by atoms with Gasteiger partial charge < -0.3 is 19.4 Å². The number of aryl methyl sites for hydroxylation is 2. The van der Waals surface area contributed by atoms with E-state index in [1.807, 2.05) is 20.9 Å². The maximum absolute atomic E-state index is 13.4. The molecule has 1 aliphatic heterocycles. The van der Waals surface area contributed by atoms with E-state index in [1.54, 1.807) is 13.0 Å². The van der Waals surface area contributed by atoms with Crippen LogP contribution in [0.1, 0.15) is 41.9 Å². The Hall–Kier alpha value is -3.22. The van der Waals surface area contributed by atoms with Gasteiger partial charge in [0.25, 0.3) is 5.56 Å². The lowest BCUT2D eigenvalue weighted by Crippen LogP contribution is -2.47. The second-order valence-electron chi connectivity index (χ2n) is 9.05. The van der Waals surface area contributed by atoms with Crippen molar-refractivity contribution in [3.05, 3.63) is 45.4 Å². The summed E-state index contributed by atoms with van der Waals surface area (Å²) in [6.07, 6.45) is 1.20. The van der Waals surface area contributed by atoms with Crippen LogP contribution in [0.5, 0.6) is 5.75 Å². The number of benzene rings is 1. The molecule has 0 bridgehead atoms. The predicted molar refractivity (Wildman–Crippen MR) is 139 cm³/mol. The molecular formula is C25H33N5O6S. The van der Waals surface area contributed by atoms with Crippen molar-refractivity contribution >= 4 is 21.5 Å². The van der Waals surface area contributed by atoms with Gasteiger partial charge in [-0.05, 0) is 51.1 Å². The number of aromatic nitrogens is 3. The molecule has 200 valence electrons. The van der Waals surface area contributed by atoms with Gasteiger partial charge in [-0.15, -0.1) is 5.10 Å². The fourth-order valence-electron chi connectivity index (χ4n) is 4.68. The average Bonchev–Trinajstić information content (AvgIpc) is 3.16. The van der Waals surface area contributed by atoms with Gasteiger partial charge in [0.05, 0.1) is 35.4 Å². The maximum atomic E-state index is 13.4. The minimum absolute atomic E-state index is 0.0889. The van der Waals surface area contributed by atoms with Crippen LogP contribution in [0, 0.1) is 6.92 Å². The van der Waals surface area contributed by atoms with E-state index < -0.39 is 21.6 Å². The van der Waals surface area contributed by atoms with Crippen molar-refractivity contribution in [1.29, 1.82) is 0 Å². The molecule has 3 heterocycles. The molecule has 1 N–H and O–H groups in total. The van der Waals surface area contributed by atoms with Gasteiger partial charge in [0, 0.05) is 26.2 Å². The van der Waals surface area contributed by atoms with Gasteiger partial charge in [-0.3, -0.25) is 4.79 Å². The normalized spacial score (nSPS) is 15.3. The molecule has 0 atom stereocenters. The van der Waals surface area contributed by atoms with E-state index in [0.29, 0.717) is 73.8 Å². The SMILES string of the molecule is CCCc1c(C(=O)OC)c(C)c2c(=O)[nH]c(-c3cc(S(=O)(=O)N4CCN(C)CC4)ccc3OCC)nn12. The first-order valence-electron chi connectivity index (χ1n) is 12.3. The molecule has 0 radical (unpaired) electrons. The molecule has 0 spiro atoms. The molecule has 0 aliphatic carbocycles. The lowest BCUT2D eigenvalue weighted by atomic mass is 10.1. The number of piperazine rings is 1. The van der Waals surface area contributed by atoms with Crippen LogP contribution in [-0.4, -0.2) is 85.1 Å². The summed E-state index contributed by atoms with van der Waals surface area (Å²) in [5.41, 5.74) is 1.48. The molecule has 1 fully saturated rings. The van der Waals surface area contributed by atoms with Gasteiger partial charge in [0.1, 0.15) is 11.3 Å². The number of hydrogen-bond acceptors (Lipinski definition) is 8. The number of sulfonamides is 1.